The summed E-state index contributed by atoms with van der Waals surface area (Å²) in [6, 6.07) is 7.59. The van der Waals surface area contributed by atoms with Crippen LogP contribution < -0.4 is 5.73 Å². The standard InChI is InChI=1S/C12H7ClN4S2/c13-9-2-1-7(6-17-9)10-11(16)8(5-15)19-12(10)18-4-3-14/h1-2,6H,4,16H2. The molecule has 94 valence electrons. The molecule has 0 fully saturated rings. The number of thioether (sulfide) groups is 1. The maximum atomic E-state index is 9.04. The molecule has 0 aliphatic carbocycles. The van der Waals surface area contributed by atoms with Gasteiger partial charge in [0.1, 0.15) is 16.1 Å². The van der Waals surface area contributed by atoms with Crippen LogP contribution in [0.1, 0.15) is 4.88 Å². The maximum absolute atomic E-state index is 9.04. The molecule has 0 atom stereocenters. The number of nitrogens with zero attached hydrogens (tertiary/aromatic N) is 3. The molecule has 0 saturated carbocycles. The first kappa shape index (κ1) is 13.7. The van der Waals surface area contributed by atoms with Crippen molar-refractivity contribution >= 4 is 40.4 Å². The van der Waals surface area contributed by atoms with Gasteiger partial charge in [0.25, 0.3) is 0 Å². The summed E-state index contributed by atoms with van der Waals surface area (Å²) in [5.74, 6) is 0.304. The molecule has 0 unspecified atom stereocenters. The minimum Gasteiger partial charge on any atom is -0.396 e. The smallest absolute Gasteiger partial charge is 0.129 e. The first-order valence-corrected chi connectivity index (χ1v) is 7.29. The van der Waals surface area contributed by atoms with Gasteiger partial charge in [0.05, 0.1) is 21.7 Å². The summed E-state index contributed by atoms with van der Waals surface area (Å²) in [5, 5.41) is 18.1. The number of rotatable bonds is 3. The predicted octanol–water partition coefficient (Wildman–Crippen LogP) is 3.53. The van der Waals surface area contributed by atoms with E-state index in [0.717, 1.165) is 15.3 Å². The lowest BCUT2D eigenvalue weighted by Gasteiger charge is -2.03. The highest BCUT2D eigenvalue weighted by molar-refractivity contribution is 8.01. The highest BCUT2D eigenvalue weighted by Crippen LogP contribution is 2.44. The second kappa shape index (κ2) is 5.94. The highest BCUT2D eigenvalue weighted by Gasteiger charge is 2.18. The molecule has 0 spiro atoms. The van der Waals surface area contributed by atoms with Crippen LogP contribution in [0.3, 0.4) is 0 Å². The van der Waals surface area contributed by atoms with E-state index in [1.54, 1.807) is 18.3 Å². The number of nitrogens with two attached hydrogens (primary N) is 1. The van der Waals surface area contributed by atoms with Crippen molar-refractivity contribution in [3.05, 3.63) is 28.4 Å². The normalized spacial score (nSPS) is 9.84. The number of halogens is 1. The zero-order valence-electron chi connectivity index (χ0n) is 9.55. The van der Waals surface area contributed by atoms with Crippen LogP contribution in [0, 0.1) is 22.7 Å². The van der Waals surface area contributed by atoms with Gasteiger partial charge >= 0.3 is 0 Å². The minimum atomic E-state index is 0.304. The van der Waals surface area contributed by atoms with Crippen LogP contribution >= 0.6 is 34.7 Å². The summed E-state index contributed by atoms with van der Waals surface area (Å²) in [6.07, 6.45) is 1.61. The van der Waals surface area contributed by atoms with Crippen molar-refractivity contribution in [1.82, 2.24) is 4.98 Å². The summed E-state index contributed by atoms with van der Waals surface area (Å²) in [6.45, 7) is 0. The summed E-state index contributed by atoms with van der Waals surface area (Å²) >= 11 is 8.41. The Morgan fingerprint density at radius 3 is 2.79 bits per heavy atom. The molecule has 0 aliphatic heterocycles. The average Bonchev–Trinajstić information content (AvgIpc) is 2.74. The first-order chi connectivity index (χ1) is 9.17. The van der Waals surface area contributed by atoms with Crippen molar-refractivity contribution in [3.8, 4) is 23.3 Å². The molecule has 2 aromatic rings. The van der Waals surface area contributed by atoms with Gasteiger partial charge in [-0.05, 0) is 12.1 Å². The van der Waals surface area contributed by atoms with Crippen molar-refractivity contribution in [2.75, 3.05) is 11.5 Å². The van der Waals surface area contributed by atoms with Gasteiger partial charge in [-0.2, -0.15) is 10.5 Å². The third-order valence-electron chi connectivity index (χ3n) is 2.30. The highest BCUT2D eigenvalue weighted by atomic mass is 35.5. The molecule has 2 aromatic heterocycles. The Bertz CT molecular complexity index is 679. The van der Waals surface area contributed by atoms with E-state index < -0.39 is 0 Å². The number of thiophene rings is 1. The van der Waals surface area contributed by atoms with Gasteiger partial charge in [0.15, 0.2) is 0 Å². The number of nitrogen functional groups attached to an aromatic ring is 1. The van der Waals surface area contributed by atoms with Crippen LogP contribution in [0.2, 0.25) is 5.15 Å². The number of hydrogen-bond donors (Lipinski definition) is 1. The van der Waals surface area contributed by atoms with Crippen molar-refractivity contribution < 1.29 is 0 Å². The third kappa shape index (κ3) is 2.82. The predicted molar refractivity (Wildman–Crippen MR) is 78.0 cm³/mol. The Labute approximate surface area is 123 Å². The van der Waals surface area contributed by atoms with Gasteiger partial charge in [0, 0.05) is 17.3 Å². The fraction of sp³-hybridized carbons (Fsp3) is 0.0833. The largest absolute Gasteiger partial charge is 0.396 e. The topological polar surface area (TPSA) is 86.5 Å². The van der Waals surface area contributed by atoms with Crippen molar-refractivity contribution in [3.63, 3.8) is 0 Å². The third-order valence-corrected chi connectivity index (χ3v) is 4.77. The minimum absolute atomic E-state index is 0.304. The molecule has 2 rings (SSSR count). The van der Waals surface area contributed by atoms with E-state index in [1.807, 2.05) is 0 Å². The van der Waals surface area contributed by atoms with Crippen molar-refractivity contribution in [2.45, 2.75) is 4.21 Å². The van der Waals surface area contributed by atoms with Gasteiger partial charge in [-0.3, -0.25) is 0 Å². The Hall–Kier alpha value is -1.73. The zero-order valence-corrected chi connectivity index (χ0v) is 11.9. The number of nitriles is 2. The summed E-state index contributed by atoms with van der Waals surface area (Å²) < 4.78 is 0.847. The quantitative estimate of drug-likeness (QED) is 0.692. The Balaban J connectivity index is 2.54. The monoisotopic (exact) mass is 306 g/mol. The summed E-state index contributed by atoms with van der Waals surface area (Å²) in [5.41, 5.74) is 7.96. The number of hydrogen-bond acceptors (Lipinski definition) is 6. The summed E-state index contributed by atoms with van der Waals surface area (Å²) in [4.78, 5) is 4.46. The molecule has 0 bridgehead atoms. The van der Waals surface area contributed by atoms with E-state index in [2.05, 4.69) is 17.1 Å². The molecule has 0 aliphatic rings. The molecular formula is C12H7ClN4S2. The lowest BCUT2D eigenvalue weighted by molar-refractivity contribution is 1.33. The van der Waals surface area contributed by atoms with Crippen LogP contribution in [-0.2, 0) is 0 Å². The van der Waals surface area contributed by atoms with Gasteiger partial charge in [-0.1, -0.05) is 23.4 Å². The van der Waals surface area contributed by atoms with Gasteiger partial charge in [-0.15, -0.1) is 11.3 Å². The molecule has 2 heterocycles. The van der Waals surface area contributed by atoms with Crippen molar-refractivity contribution in [1.29, 1.82) is 10.5 Å². The van der Waals surface area contributed by atoms with E-state index in [0.29, 0.717) is 21.5 Å². The Morgan fingerprint density at radius 1 is 1.42 bits per heavy atom. The first-order valence-electron chi connectivity index (χ1n) is 5.11. The molecular weight excluding hydrogens is 300 g/mol. The second-order valence-electron chi connectivity index (χ2n) is 3.44. The van der Waals surface area contributed by atoms with E-state index in [9.17, 15) is 0 Å². The van der Waals surface area contributed by atoms with Crippen molar-refractivity contribution in [2.24, 2.45) is 0 Å². The molecule has 7 heteroatoms. The molecule has 2 N–H and O–H groups in total. The van der Waals surface area contributed by atoms with Crippen LogP contribution in [0.15, 0.2) is 22.5 Å². The molecule has 4 nitrogen and oxygen atoms in total. The number of pyridine rings is 1. The molecule has 0 amide bonds. The molecule has 0 saturated heterocycles. The van der Waals surface area contributed by atoms with Crippen LogP contribution in [-0.4, -0.2) is 10.7 Å². The van der Waals surface area contributed by atoms with Crippen LogP contribution in [0.25, 0.3) is 11.1 Å². The number of aromatic nitrogens is 1. The molecule has 19 heavy (non-hydrogen) atoms. The SMILES string of the molecule is N#CCSc1sc(C#N)c(N)c1-c1ccc(Cl)nc1. The molecule has 0 aromatic carbocycles. The van der Waals surface area contributed by atoms with Gasteiger partial charge in [0.2, 0.25) is 0 Å². The fourth-order valence-electron chi connectivity index (χ4n) is 1.50. The van der Waals surface area contributed by atoms with E-state index in [4.69, 9.17) is 27.9 Å². The average molecular weight is 307 g/mol. The Kier molecular flexibility index (Phi) is 4.28. The Morgan fingerprint density at radius 2 is 2.21 bits per heavy atom. The second-order valence-corrected chi connectivity index (χ2v) is 6.09. The number of anilines is 1. The summed E-state index contributed by atoms with van der Waals surface area (Å²) in [7, 11) is 0. The van der Waals surface area contributed by atoms with Gasteiger partial charge < -0.3 is 5.73 Å². The maximum Gasteiger partial charge on any atom is 0.129 e. The van der Waals surface area contributed by atoms with E-state index in [-0.39, 0.29) is 0 Å². The van der Waals surface area contributed by atoms with Crippen LogP contribution in [0.5, 0.6) is 0 Å². The zero-order chi connectivity index (χ0) is 13.8. The lowest BCUT2D eigenvalue weighted by atomic mass is 10.1. The lowest BCUT2D eigenvalue weighted by Crippen LogP contribution is -1.90. The molecule has 0 radical (unpaired) electrons. The van der Waals surface area contributed by atoms with E-state index in [1.165, 1.54) is 23.1 Å². The van der Waals surface area contributed by atoms with Gasteiger partial charge in [-0.25, -0.2) is 4.98 Å². The van der Waals surface area contributed by atoms with Crippen LogP contribution in [0.4, 0.5) is 5.69 Å². The van der Waals surface area contributed by atoms with E-state index >= 15 is 0 Å². The fourth-order valence-corrected chi connectivity index (χ4v) is 3.62.